The van der Waals surface area contributed by atoms with Crippen LogP contribution in [0, 0.1) is 11.8 Å². The summed E-state index contributed by atoms with van der Waals surface area (Å²) in [6.07, 6.45) is 50.8. The minimum absolute atomic E-state index is 0.0630. The summed E-state index contributed by atoms with van der Waals surface area (Å²) in [5, 5.41) is 0. The number of carbonyl (C=O) groups is 3. The van der Waals surface area contributed by atoms with E-state index in [0.29, 0.717) is 19.3 Å². The highest BCUT2D eigenvalue weighted by molar-refractivity contribution is 5.71. The summed E-state index contributed by atoms with van der Waals surface area (Å²) in [7, 11) is 0. The lowest BCUT2D eigenvalue weighted by Gasteiger charge is -2.18. The molecule has 0 aromatic rings. The van der Waals surface area contributed by atoms with Crippen molar-refractivity contribution in [3.05, 3.63) is 0 Å². The summed E-state index contributed by atoms with van der Waals surface area (Å²) in [6.45, 7) is 11.4. The highest BCUT2D eigenvalue weighted by atomic mass is 16.6. The highest BCUT2D eigenvalue weighted by Crippen LogP contribution is 2.18. The van der Waals surface area contributed by atoms with Gasteiger partial charge in [0.15, 0.2) is 6.10 Å². The molecule has 0 aromatic carbocycles. The van der Waals surface area contributed by atoms with Crippen molar-refractivity contribution in [2.45, 2.75) is 317 Å². The van der Waals surface area contributed by atoms with Crippen LogP contribution in [0.3, 0.4) is 0 Å². The molecule has 0 spiro atoms. The van der Waals surface area contributed by atoms with E-state index in [0.717, 1.165) is 69.6 Å². The van der Waals surface area contributed by atoms with Gasteiger partial charge in [-0.2, -0.15) is 0 Å². The van der Waals surface area contributed by atoms with Crippen LogP contribution in [0.5, 0.6) is 0 Å². The Labute approximate surface area is 387 Å². The molecule has 0 amide bonds. The van der Waals surface area contributed by atoms with Gasteiger partial charge in [0, 0.05) is 19.3 Å². The molecule has 0 aromatic heterocycles. The number of hydrogen-bond donors (Lipinski definition) is 0. The van der Waals surface area contributed by atoms with Crippen LogP contribution in [0.2, 0.25) is 0 Å². The Morgan fingerprint density at radius 1 is 0.339 bits per heavy atom. The molecule has 6 nitrogen and oxygen atoms in total. The first-order valence-corrected chi connectivity index (χ1v) is 27.8. The van der Waals surface area contributed by atoms with Crippen LogP contribution in [0.25, 0.3) is 0 Å². The molecule has 0 aliphatic rings. The molecular weight excluding hydrogens is 769 g/mol. The Bertz CT molecular complexity index is 949. The number of ether oxygens (including phenoxy) is 3. The third-order valence-electron chi connectivity index (χ3n) is 13.1. The standard InChI is InChI=1S/C56H108O6/c1-6-8-9-10-11-12-26-31-36-41-46-54(57)60-49-53(62-56(59)48-43-38-33-28-23-19-15-16-20-24-29-34-39-44-51(3)4)50-61-55(58)47-42-37-32-27-22-18-14-13-17-21-25-30-35-40-45-52(5)7-2/h51-53H,6-50H2,1-5H3/t52?,53-/m0/s1. The molecule has 0 fully saturated rings. The van der Waals surface area contributed by atoms with Crippen molar-refractivity contribution < 1.29 is 28.6 Å². The molecule has 0 saturated heterocycles. The topological polar surface area (TPSA) is 78.9 Å². The predicted molar refractivity (Wildman–Crippen MR) is 266 cm³/mol. The SMILES string of the molecule is CCCCCCCCCCCCC(=O)OC[C@@H](COC(=O)CCCCCCCCCCCCCCCCC(C)CC)OC(=O)CCCCCCCCCCCCCCCC(C)C. The number of unbranched alkanes of at least 4 members (excludes halogenated alkanes) is 34. The maximum absolute atomic E-state index is 12.8. The lowest BCUT2D eigenvalue weighted by atomic mass is 9.99. The zero-order chi connectivity index (χ0) is 45.4. The number of esters is 3. The van der Waals surface area contributed by atoms with Crippen molar-refractivity contribution in [3.63, 3.8) is 0 Å². The van der Waals surface area contributed by atoms with E-state index in [4.69, 9.17) is 14.2 Å². The fourth-order valence-corrected chi connectivity index (χ4v) is 8.49. The fraction of sp³-hybridized carbons (Fsp3) is 0.946. The van der Waals surface area contributed by atoms with E-state index >= 15 is 0 Å². The third-order valence-corrected chi connectivity index (χ3v) is 13.1. The van der Waals surface area contributed by atoms with Crippen LogP contribution in [0.15, 0.2) is 0 Å². The van der Waals surface area contributed by atoms with Crippen LogP contribution < -0.4 is 0 Å². The van der Waals surface area contributed by atoms with Crippen molar-refractivity contribution in [2.75, 3.05) is 13.2 Å². The van der Waals surface area contributed by atoms with Crippen molar-refractivity contribution in [3.8, 4) is 0 Å². The molecule has 0 saturated carbocycles. The number of hydrogen-bond acceptors (Lipinski definition) is 6. The van der Waals surface area contributed by atoms with Gasteiger partial charge in [-0.1, -0.05) is 272 Å². The average molecular weight is 877 g/mol. The fourth-order valence-electron chi connectivity index (χ4n) is 8.49. The van der Waals surface area contributed by atoms with Crippen LogP contribution in [-0.4, -0.2) is 37.2 Å². The van der Waals surface area contributed by atoms with Gasteiger partial charge in [-0.25, -0.2) is 0 Å². The molecule has 368 valence electrons. The molecular formula is C56H108O6. The van der Waals surface area contributed by atoms with Crippen LogP contribution in [0.4, 0.5) is 0 Å². The van der Waals surface area contributed by atoms with Crippen LogP contribution >= 0.6 is 0 Å². The zero-order valence-corrected chi connectivity index (χ0v) is 42.5. The van der Waals surface area contributed by atoms with E-state index in [9.17, 15) is 14.4 Å². The normalized spacial score (nSPS) is 12.5. The minimum Gasteiger partial charge on any atom is -0.462 e. The molecule has 0 aliphatic carbocycles. The van der Waals surface area contributed by atoms with E-state index in [-0.39, 0.29) is 31.1 Å². The average Bonchev–Trinajstić information content (AvgIpc) is 3.26. The molecule has 0 N–H and O–H groups in total. The lowest BCUT2D eigenvalue weighted by molar-refractivity contribution is -0.167. The summed E-state index contributed by atoms with van der Waals surface area (Å²) < 4.78 is 16.8. The zero-order valence-electron chi connectivity index (χ0n) is 42.5. The van der Waals surface area contributed by atoms with Crippen molar-refractivity contribution in [1.82, 2.24) is 0 Å². The Kier molecular flexibility index (Phi) is 47.6. The lowest BCUT2D eigenvalue weighted by Crippen LogP contribution is -2.30. The third kappa shape index (κ3) is 47.9. The first-order chi connectivity index (χ1) is 30.3. The van der Waals surface area contributed by atoms with E-state index in [1.54, 1.807) is 0 Å². The molecule has 0 heterocycles. The largest absolute Gasteiger partial charge is 0.462 e. The Morgan fingerprint density at radius 3 is 0.919 bits per heavy atom. The first-order valence-electron chi connectivity index (χ1n) is 27.8. The van der Waals surface area contributed by atoms with E-state index < -0.39 is 6.10 Å². The Balaban J connectivity index is 4.26. The Hall–Kier alpha value is -1.59. The molecule has 0 radical (unpaired) electrons. The van der Waals surface area contributed by atoms with Gasteiger partial charge in [-0.3, -0.25) is 14.4 Å². The smallest absolute Gasteiger partial charge is 0.306 e. The van der Waals surface area contributed by atoms with Gasteiger partial charge in [-0.05, 0) is 31.1 Å². The van der Waals surface area contributed by atoms with Gasteiger partial charge in [0.1, 0.15) is 13.2 Å². The summed E-state index contributed by atoms with van der Waals surface area (Å²) in [5.74, 6) is 0.890. The minimum atomic E-state index is -0.761. The summed E-state index contributed by atoms with van der Waals surface area (Å²) in [6, 6.07) is 0. The van der Waals surface area contributed by atoms with Crippen molar-refractivity contribution >= 4 is 17.9 Å². The summed E-state index contributed by atoms with van der Waals surface area (Å²) >= 11 is 0. The van der Waals surface area contributed by atoms with Crippen LogP contribution in [-0.2, 0) is 28.6 Å². The second-order valence-electron chi connectivity index (χ2n) is 19.9. The summed E-state index contributed by atoms with van der Waals surface area (Å²) in [5.41, 5.74) is 0. The quantitative estimate of drug-likeness (QED) is 0.0344. The second-order valence-corrected chi connectivity index (χ2v) is 19.9. The molecule has 62 heavy (non-hydrogen) atoms. The molecule has 0 rings (SSSR count). The maximum Gasteiger partial charge on any atom is 0.306 e. The van der Waals surface area contributed by atoms with Gasteiger partial charge >= 0.3 is 17.9 Å². The molecule has 1 unspecified atom stereocenters. The molecule has 6 heteroatoms. The molecule has 2 atom stereocenters. The predicted octanol–water partition coefficient (Wildman–Crippen LogP) is 18.1. The van der Waals surface area contributed by atoms with Gasteiger partial charge in [-0.15, -0.1) is 0 Å². The van der Waals surface area contributed by atoms with E-state index in [1.165, 1.54) is 199 Å². The van der Waals surface area contributed by atoms with Gasteiger partial charge in [0.05, 0.1) is 0 Å². The van der Waals surface area contributed by atoms with Gasteiger partial charge in [0.2, 0.25) is 0 Å². The number of carbonyl (C=O) groups excluding carboxylic acids is 3. The van der Waals surface area contributed by atoms with Crippen molar-refractivity contribution in [1.29, 1.82) is 0 Å². The van der Waals surface area contributed by atoms with E-state index in [2.05, 4.69) is 34.6 Å². The van der Waals surface area contributed by atoms with Gasteiger partial charge < -0.3 is 14.2 Å². The van der Waals surface area contributed by atoms with Crippen molar-refractivity contribution in [2.24, 2.45) is 11.8 Å². The van der Waals surface area contributed by atoms with E-state index in [1.807, 2.05) is 0 Å². The number of rotatable bonds is 50. The van der Waals surface area contributed by atoms with Crippen LogP contribution in [0.1, 0.15) is 311 Å². The monoisotopic (exact) mass is 877 g/mol. The highest BCUT2D eigenvalue weighted by Gasteiger charge is 2.19. The Morgan fingerprint density at radius 2 is 0.613 bits per heavy atom. The molecule has 0 bridgehead atoms. The summed E-state index contributed by atoms with van der Waals surface area (Å²) in [4.78, 5) is 38.0. The second kappa shape index (κ2) is 48.9. The maximum atomic E-state index is 12.8. The first kappa shape index (κ1) is 60.4. The molecule has 0 aliphatic heterocycles. The van der Waals surface area contributed by atoms with Gasteiger partial charge in [0.25, 0.3) is 0 Å².